The van der Waals surface area contributed by atoms with E-state index in [9.17, 15) is 9.18 Å². The van der Waals surface area contributed by atoms with E-state index in [2.05, 4.69) is 0 Å². The molecule has 21 heavy (non-hydrogen) atoms. The maximum Gasteiger partial charge on any atom is 0.303 e. The van der Waals surface area contributed by atoms with Crippen LogP contribution in [0.1, 0.15) is 44.2 Å². The van der Waals surface area contributed by atoms with Crippen molar-refractivity contribution in [2.45, 2.75) is 45.2 Å². The van der Waals surface area contributed by atoms with Gasteiger partial charge in [0.1, 0.15) is 5.67 Å². The highest BCUT2D eigenvalue weighted by atomic mass is 19.1. The molecule has 0 radical (unpaired) electrons. The lowest BCUT2D eigenvalue weighted by molar-refractivity contribution is -0.137. The topological polar surface area (TPSA) is 55.8 Å². The van der Waals surface area contributed by atoms with Gasteiger partial charge in [-0.2, -0.15) is 0 Å². The molecule has 1 N–H and O–H groups in total. The van der Waals surface area contributed by atoms with Crippen molar-refractivity contribution in [3.8, 4) is 11.5 Å². The van der Waals surface area contributed by atoms with E-state index in [1.807, 2.05) is 0 Å². The number of fused-ring (bicyclic) bond motifs is 1. The summed E-state index contributed by atoms with van der Waals surface area (Å²) < 4.78 is 25.6. The smallest absolute Gasteiger partial charge is 0.303 e. The zero-order valence-electron chi connectivity index (χ0n) is 12.4. The molecule has 116 valence electrons. The van der Waals surface area contributed by atoms with Crippen molar-refractivity contribution >= 4 is 5.97 Å². The van der Waals surface area contributed by atoms with Crippen LogP contribution in [0.25, 0.3) is 0 Å². The third-order valence-corrected chi connectivity index (χ3v) is 3.45. The highest BCUT2D eigenvalue weighted by molar-refractivity contribution is 5.66. The second kappa shape index (κ2) is 6.33. The summed E-state index contributed by atoms with van der Waals surface area (Å²) in [5.74, 6) is 0.339. The zero-order chi connectivity index (χ0) is 15.5. The molecule has 1 aromatic carbocycles. The number of hydrogen-bond acceptors (Lipinski definition) is 3. The van der Waals surface area contributed by atoms with Gasteiger partial charge in [-0.3, -0.25) is 4.79 Å². The Kier molecular flexibility index (Phi) is 4.70. The fraction of sp³-hybridized carbons (Fsp3) is 0.562. The second-order valence-electron chi connectivity index (χ2n) is 5.73. The maximum atomic E-state index is 14.4. The lowest BCUT2D eigenvalue weighted by atomic mass is 9.91. The molecule has 5 heteroatoms. The van der Waals surface area contributed by atoms with E-state index >= 15 is 0 Å². The summed E-state index contributed by atoms with van der Waals surface area (Å²) in [6, 6.07) is 3.48. The molecule has 0 aliphatic carbocycles. The number of alkyl halides is 1. The Balaban J connectivity index is 2.31. The van der Waals surface area contributed by atoms with Crippen LogP contribution >= 0.6 is 0 Å². The van der Waals surface area contributed by atoms with Gasteiger partial charge in [0.15, 0.2) is 11.5 Å². The Hall–Kier alpha value is -1.78. The molecule has 0 saturated carbocycles. The van der Waals surface area contributed by atoms with Crippen molar-refractivity contribution in [3.63, 3.8) is 0 Å². The average molecular weight is 296 g/mol. The summed E-state index contributed by atoms with van der Waals surface area (Å²) in [5.41, 5.74) is -0.186. The molecule has 2 rings (SSSR count). The summed E-state index contributed by atoms with van der Waals surface area (Å²) in [6.07, 6.45) is 1.83. The number of benzene rings is 1. The number of carboxylic acid groups (broad SMARTS) is 1. The second-order valence-corrected chi connectivity index (χ2v) is 5.73. The lowest BCUT2D eigenvalue weighted by Crippen LogP contribution is -2.13. The highest BCUT2D eigenvalue weighted by Gasteiger charge is 2.26. The monoisotopic (exact) mass is 296 g/mol. The molecule has 0 aromatic heterocycles. The number of carbonyl (C=O) groups is 1. The molecule has 1 heterocycles. The Bertz CT molecular complexity index is 520. The van der Waals surface area contributed by atoms with Crippen LogP contribution in [0.2, 0.25) is 0 Å². The van der Waals surface area contributed by atoms with E-state index in [1.54, 1.807) is 12.1 Å². The third-order valence-electron chi connectivity index (χ3n) is 3.45. The molecular formula is C16H21FO4. The number of aliphatic carboxylic acids is 1. The quantitative estimate of drug-likeness (QED) is 0.904. The van der Waals surface area contributed by atoms with Crippen molar-refractivity contribution in [2.24, 2.45) is 0 Å². The highest BCUT2D eigenvalue weighted by Crippen LogP contribution is 2.38. The Morgan fingerprint density at radius 3 is 2.48 bits per heavy atom. The average Bonchev–Trinajstić information content (AvgIpc) is 2.60. The van der Waals surface area contributed by atoms with E-state index in [0.29, 0.717) is 43.1 Å². The molecule has 0 amide bonds. The summed E-state index contributed by atoms with van der Waals surface area (Å²) in [7, 11) is 0. The predicted octanol–water partition coefficient (Wildman–Crippen LogP) is 3.46. The molecular weight excluding hydrogens is 275 g/mol. The minimum Gasteiger partial charge on any atom is -0.490 e. The molecule has 4 nitrogen and oxygen atoms in total. The Labute approximate surface area is 123 Å². The van der Waals surface area contributed by atoms with Gasteiger partial charge >= 0.3 is 5.97 Å². The third kappa shape index (κ3) is 4.09. The van der Waals surface area contributed by atoms with Gasteiger partial charge < -0.3 is 14.6 Å². The minimum atomic E-state index is -1.51. The van der Waals surface area contributed by atoms with Gasteiger partial charge in [0.25, 0.3) is 0 Å². The van der Waals surface area contributed by atoms with Crippen LogP contribution in [0, 0.1) is 0 Å². The van der Waals surface area contributed by atoms with Crippen molar-refractivity contribution in [3.05, 3.63) is 23.3 Å². The molecule has 0 spiro atoms. The van der Waals surface area contributed by atoms with Gasteiger partial charge in [-0.15, -0.1) is 0 Å². The van der Waals surface area contributed by atoms with E-state index < -0.39 is 11.6 Å². The van der Waals surface area contributed by atoms with E-state index in [0.717, 1.165) is 12.0 Å². The minimum absolute atomic E-state index is 0.0700. The van der Waals surface area contributed by atoms with Gasteiger partial charge in [-0.1, -0.05) is 0 Å². The molecule has 1 aliphatic heterocycles. The lowest BCUT2D eigenvalue weighted by Gasteiger charge is -2.21. The Morgan fingerprint density at radius 2 is 1.90 bits per heavy atom. The largest absolute Gasteiger partial charge is 0.490 e. The van der Waals surface area contributed by atoms with Crippen LogP contribution in [0.5, 0.6) is 11.5 Å². The number of hydrogen-bond donors (Lipinski definition) is 1. The normalized spacial score (nSPS) is 14.6. The molecule has 0 unspecified atom stereocenters. The van der Waals surface area contributed by atoms with E-state index in [-0.39, 0.29) is 6.42 Å². The molecule has 0 bridgehead atoms. The van der Waals surface area contributed by atoms with Crippen LogP contribution in [0.3, 0.4) is 0 Å². The molecule has 0 saturated heterocycles. The van der Waals surface area contributed by atoms with Crippen molar-refractivity contribution < 1.29 is 23.8 Å². The van der Waals surface area contributed by atoms with Crippen molar-refractivity contribution in [1.82, 2.24) is 0 Å². The summed E-state index contributed by atoms with van der Waals surface area (Å²) in [4.78, 5) is 10.6. The van der Waals surface area contributed by atoms with Crippen LogP contribution in [0.4, 0.5) is 4.39 Å². The number of ether oxygens (including phenoxy) is 2. The summed E-state index contributed by atoms with van der Waals surface area (Å²) in [5, 5.41) is 8.73. The standard InChI is InChI=1S/C16H21FO4/c1-16(2,17)12-10-14-13(20-7-4-8-21-14)9-11(12)5-3-6-15(18)19/h9-10H,3-8H2,1-2H3,(H,18,19). The van der Waals surface area contributed by atoms with Gasteiger partial charge in [0, 0.05) is 12.8 Å². The first-order valence-corrected chi connectivity index (χ1v) is 7.21. The molecule has 1 aromatic rings. The zero-order valence-corrected chi connectivity index (χ0v) is 12.4. The van der Waals surface area contributed by atoms with Gasteiger partial charge in [-0.25, -0.2) is 4.39 Å². The number of carboxylic acids is 1. The number of aryl methyl sites for hydroxylation is 1. The van der Waals surface area contributed by atoms with E-state index in [4.69, 9.17) is 14.6 Å². The number of halogens is 1. The first kappa shape index (κ1) is 15.6. The van der Waals surface area contributed by atoms with Gasteiger partial charge in [0.2, 0.25) is 0 Å². The predicted molar refractivity (Wildman–Crippen MR) is 76.8 cm³/mol. The summed E-state index contributed by atoms with van der Waals surface area (Å²) in [6.45, 7) is 4.11. The van der Waals surface area contributed by atoms with Crippen molar-refractivity contribution in [1.29, 1.82) is 0 Å². The van der Waals surface area contributed by atoms with Crippen LogP contribution < -0.4 is 9.47 Å². The molecule has 1 aliphatic rings. The molecule has 0 fully saturated rings. The van der Waals surface area contributed by atoms with Crippen LogP contribution in [0.15, 0.2) is 12.1 Å². The van der Waals surface area contributed by atoms with Crippen LogP contribution in [-0.2, 0) is 16.9 Å². The fourth-order valence-electron chi connectivity index (χ4n) is 2.44. The number of rotatable bonds is 5. The first-order chi connectivity index (χ1) is 9.88. The molecule has 0 atom stereocenters. The van der Waals surface area contributed by atoms with E-state index in [1.165, 1.54) is 13.8 Å². The van der Waals surface area contributed by atoms with Gasteiger partial charge in [0.05, 0.1) is 13.2 Å². The summed E-state index contributed by atoms with van der Waals surface area (Å²) >= 11 is 0. The fourth-order valence-corrected chi connectivity index (χ4v) is 2.44. The van der Waals surface area contributed by atoms with Crippen molar-refractivity contribution in [2.75, 3.05) is 13.2 Å². The van der Waals surface area contributed by atoms with Crippen LogP contribution in [-0.4, -0.2) is 24.3 Å². The Morgan fingerprint density at radius 1 is 1.29 bits per heavy atom. The SMILES string of the molecule is CC(C)(F)c1cc2c(cc1CCCC(=O)O)OCCCO2. The van der Waals surface area contributed by atoms with Gasteiger partial charge in [-0.05, 0) is 49.9 Å². The maximum absolute atomic E-state index is 14.4. The first-order valence-electron chi connectivity index (χ1n) is 7.21.